The van der Waals surface area contributed by atoms with Crippen molar-refractivity contribution >= 4 is 27.5 Å². The number of sulfonamides is 1. The highest BCUT2D eigenvalue weighted by Gasteiger charge is 2.31. The molecule has 0 aromatic heterocycles. The SMILES string of the molecule is COc1cccc(N(CC(=O)N(Cc2ccccc2)C(C)C(=O)NC2CCCCC2)S(C)(=O)=O)c1. The van der Waals surface area contributed by atoms with Crippen LogP contribution >= 0.6 is 0 Å². The van der Waals surface area contributed by atoms with Gasteiger partial charge in [0.15, 0.2) is 0 Å². The summed E-state index contributed by atoms with van der Waals surface area (Å²) in [4.78, 5) is 28.2. The number of nitrogens with zero attached hydrogens (tertiary/aromatic N) is 2. The first-order valence-electron chi connectivity index (χ1n) is 11.9. The van der Waals surface area contributed by atoms with Crippen LogP contribution in [0.25, 0.3) is 0 Å². The molecule has 0 saturated heterocycles. The minimum Gasteiger partial charge on any atom is -0.497 e. The fourth-order valence-electron chi connectivity index (χ4n) is 4.31. The summed E-state index contributed by atoms with van der Waals surface area (Å²) in [6, 6.07) is 15.2. The molecule has 1 unspecified atom stereocenters. The lowest BCUT2D eigenvalue weighted by molar-refractivity contribution is -0.139. The van der Waals surface area contributed by atoms with Crippen molar-refractivity contribution in [2.75, 3.05) is 24.2 Å². The van der Waals surface area contributed by atoms with Crippen LogP contribution in [0.5, 0.6) is 5.75 Å². The van der Waals surface area contributed by atoms with E-state index in [1.54, 1.807) is 31.2 Å². The lowest BCUT2D eigenvalue weighted by atomic mass is 9.95. The summed E-state index contributed by atoms with van der Waals surface area (Å²) in [5.41, 5.74) is 1.17. The number of anilines is 1. The zero-order chi connectivity index (χ0) is 25.4. The molecule has 1 aliphatic carbocycles. The summed E-state index contributed by atoms with van der Waals surface area (Å²) in [5.74, 6) is -0.216. The van der Waals surface area contributed by atoms with Crippen molar-refractivity contribution < 1.29 is 22.7 Å². The van der Waals surface area contributed by atoms with Crippen LogP contribution in [0.4, 0.5) is 5.69 Å². The van der Waals surface area contributed by atoms with Gasteiger partial charge in [-0.2, -0.15) is 0 Å². The average molecular weight is 502 g/mol. The molecule has 2 amide bonds. The van der Waals surface area contributed by atoms with Crippen molar-refractivity contribution in [1.82, 2.24) is 10.2 Å². The summed E-state index contributed by atoms with van der Waals surface area (Å²) in [7, 11) is -2.29. The second kappa shape index (κ2) is 12.1. The molecule has 3 rings (SSSR count). The van der Waals surface area contributed by atoms with E-state index in [0.29, 0.717) is 11.4 Å². The van der Waals surface area contributed by atoms with Gasteiger partial charge in [0, 0.05) is 18.7 Å². The Morgan fingerprint density at radius 2 is 1.74 bits per heavy atom. The Kier molecular flexibility index (Phi) is 9.14. The lowest BCUT2D eigenvalue weighted by Gasteiger charge is -2.33. The van der Waals surface area contributed by atoms with Crippen LogP contribution in [0.15, 0.2) is 54.6 Å². The third-order valence-electron chi connectivity index (χ3n) is 6.34. The second-order valence-corrected chi connectivity index (χ2v) is 10.9. The summed E-state index contributed by atoms with van der Waals surface area (Å²) >= 11 is 0. The molecular formula is C26H35N3O5S. The highest BCUT2D eigenvalue weighted by atomic mass is 32.2. The Morgan fingerprint density at radius 1 is 1.06 bits per heavy atom. The summed E-state index contributed by atoms with van der Waals surface area (Å²) < 4.78 is 31.6. The molecule has 35 heavy (non-hydrogen) atoms. The first-order valence-corrected chi connectivity index (χ1v) is 13.8. The maximum atomic E-state index is 13.6. The zero-order valence-corrected chi connectivity index (χ0v) is 21.5. The molecular weight excluding hydrogens is 466 g/mol. The molecule has 1 saturated carbocycles. The van der Waals surface area contributed by atoms with E-state index < -0.39 is 28.5 Å². The zero-order valence-electron chi connectivity index (χ0n) is 20.6. The molecule has 8 nitrogen and oxygen atoms in total. The molecule has 0 radical (unpaired) electrons. The lowest BCUT2D eigenvalue weighted by Crippen LogP contribution is -2.52. The van der Waals surface area contributed by atoms with E-state index in [9.17, 15) is 18.0 Å². The topological polar surface area (TPSA) is 96.0 Å². The number of hydrogen-bond acceptors (Lipinski definition) is 5. The number of carbonyl (C=O) groups is 2. The summed E-state index contributed by atoms with van der Waals surface area (Å²) in [6.07, 6.45) is 6.25. The first-order chi connectivity index (χ1) is 16.7. The molecule has 1 fully saturated rings. The van der Waals surface area contributed by atoms with E-state index in [0.717, 1.165) is 41.8 Å². The highest BCUT2D eigenvalue weighted by Crippen LogP contribution is 2.24. The van der Waals surface area contributed by atoms with Crippen LogP contribution in [0, 0.1) is 0 Å². The number of hydrogen-bond donors (Lipinski definition) is 1. The largest absolute Gasteiger partial charge is 0.497 e. The van der Waals surface area contributed by atoms with E-state index in [-0.39, 0.29) is 18.5 Å². The first kappa shape index (κ1) is 26.5. The number of methoxy groups -OCH3 is 1. The summed E-state index contributed by atoms with van der Waals surface area (Å²) in [5, 5.41) is 3.09. The van der Waals surface area contributed by atoms with Crippen LogP contribution in [-0.2, 0) is 26.2 Å². The van der Waals surface area contributed by atoms with E-state index in [1.165, 1.54) is 18.4 Å². The molecule has 190 valence electrons. The van der Waals surface area contributed by atoms with Crippen LogP contribution in [0.3, 0.4) is 0 Å². The molecule has 0 aliphatic heterocycles. The minimum atomic E-state index is -3.78. The maximum Gasteiger partial charge on any atom is 0.244 e. The monoisotopic (exact) mass is 501 g/mol. The van der Waals surface area contributed by atoms with Crippen molar-refractivity contribution in [1.29, 1.82) is 0 Å². The van der Waals surface area contributed by atoms with Gasteiger partial charge in [-0.25, -0.2) is 8.42 Å². The van der Waals surface area contributed by atoms with E-state index in [1.807, 2.05) is 30.3 Å². The number of rotatable bonds is 10. The number of benzene rings is 2. The van der Waals surface area contributed by atoms with Gasteiger partial charge in [-0.15, -0.1) is 0 Å². The standard InChI is InChI=1S/C26H35N3O5S/c1-20(26(31)27-22-13-8-5-9-14-22)28(18-21-11-6-4-7-12-21)25(30)19-29(35(3,32)33)23-15-10-16-24(17-23)34-2/h4,6-7,10-12,15-17,20,22H,5,8-9,13-14,18-19H2,1-3H3,(H,27,31). The third kappa shape index (κ3) is 7.45. The van der Waals surface area contributed by atoms with Crippen molar-refractivity contribution in [3.63, 3.8) is 0 Å². The Balaban J connectivity index is 1.85. The van der Waals surface area contributed by atoms with Crippen LogP contribution in [-0.4, -0.2) is 57.1 Å². The molecule has 1 atom stereocenters. The van der Waals surface area contributed by atoms with Crippen molar-refractivity contribution in [3.05, 3.63) is 60.2 Å². The molecule has 1 N–H and O–H groups in total. The smallest absolute Gasteiger partial charge is 0.244 e. The fraction of sp³-hybridized carbons (Fsp3) is 0.462. The van der Waals surface area contributed by atoms with Gasteiger partial charge in [0.25, 0.3) is 0 Å². The van der Waals surface area contributed by atoms with Crippen LogP contribution in [0.2, 0.25) is 0 Å². The number of nitrogens with one attached hydrogen (secondary N) is 1. The maximum absolute atomic E-state index is 13.6. The normalized spacial score (nSPS) is 15.2. The van der Waals surface area contributed by atoms with Crippen LogP contribution in [0.1, 0.15) is 44.6 Å². The quantitative estimate of drug-likeness (QED) is 0.539. The Labute approximate surface area is 208 Å². The highest BCUT2D eigenvalue weighted by molar-refractivity contribution is 7.92. The Bertz CT molecular complexity index is 1100. The van der Waals surface area contributed by atoms with Gasteiger partial charge in [0.05, 0.1) is 19.1 Å². The summed E-state index contributed by atoms with van der Waals surface area (Å²) in [6.45, 7) is 1.45. The number of amides is 2. The van der Waals surface area contributed by atoms with Crippen molar-refractivity contribution in [3.8, 4) is 5.75 Å². The molecule has 1 aliphatic rings. The Hall–Kier alpha value is -3.07. The van der Waals surface area contributed by atoms with Gasteiger partial charge in [0.2, 0.25) is 21.8 Å². The molecule has 2 aromatic carbocycles. The predicted octanol–water partition coefficient (Wildman–Crippen LogP) is 3.33. The average Bonchev–Trinajstić information content (AvgIpc) is 2.85. The molecule has 9 heteroatoms. The van der Waals surface area contributed by atoms with Gasteiger partial charge in [0.1, 0.15) is 18.3 Å². The van der Waals surface area contributed by atoms with Gasteiger partial charge >= 0.3 is 0 Å². The number of ether oxygens (including phenoxy) is 1. The molecule has 0 spiro atoms. The Morgan fingerprint density at radius 3 is 2.37 bits per heavy atom. The van der Waals surface area contributed by atoms with E-state index in [2.05, 4.69) is 5.32 Å². The fourth-order valence-corrected chi connectivity index (χ4v) is 5.15. The third-order valence-corrected chi connectivity index (χ3v) is 7.48. The van der Waals surface area contributed by atoms with Crippen LogP contribution < -0.4 is 14.4 Å². The molecule has 2 aromatic rings. The molecule has 0 heterocycles. The van der Waals surface area contributed by atoms with Gasteiger partial charge in [-0.1, -0.05) is 55.7 Å². The predicted molar refractivity (Wildman–Crippen MR) is 137 cm³/mol. The molecule has 0 bridgehead atoms. The van der Waals surface area contributed by atoms with E-state index >= 15 is 0 Å². The number of carbonyl (C=O) groups excluding carboxylic acids is 2. The van der Waals surface area contributed by atoms with Gasteiger partial charge in [-0.05, 0) is 37.5 Å². The van der Waals surface area contributed by atoms with E-state index in [4.69, 9.17) is 4.74 Å². The van der Waals surface area contributed by atoms with Gasteiger partial charge < -0.3 is 15.0 Å². The second-order valence-electron chi connectivity index (χ2n) is 9.00. The van der Waals surface area contributed by atoms with Crippen molar-refractivity contribution in [2.45, 2.75) is 57.7 Å². The minimum absolute atomic E-state index is 0.108. The van der Waals surface area contributed by atoms with Gasteiger partial charge in [-0.3, -0.25) is 13.9 Å². The van der Waals surface area contributed by atoms with Crippen molar-refractivity contribution in [2.24, 2.45) is 0 Å².